The zero-order valence-electron chi connectivity index (χ0n) is 9.84. The molecule has 86 valence electrons. The van der Waals surface area contributed by atoms with Gasteiger partial charge in [-0.25, -0.2) is 0 Å². The average Bonchev–Trinajstić information content (AvgIpc) is 2.87. The van der Waals surface area contributed by atoms with Crippen molar-refractivity contribution >= 4 is 5.97 Å². The lowest BCUT2D eigenvalue weighted by atomic mass is 9.93. The second kappa shape index (κ2) is 3.37. The fourth-order valence-electron chi connectivity index (χ4n) is 2.79. The molecule has 0 aromatic heterocycles. The molecule has 0 spiro atoms. The number of hydrogen-bond donors (Lipinski definition) is 1. The van der Waals surface area contributed by atoms with Crippen LogP contribution >= 0.6 is 0 Å². The molecule has 0 saturated heterocycles. The molecular weight excluding hydrogens is 212 g/mol. The van der Waals surface area contributed by atoms with Gasteiger partial charge in [0.05, 0.1) is 5.41 Å². The zero-order chi connectivity index (χ0) is 12.0. The monoisotopic (exact) mass is 226 g/mol. The van der Waals surface area contributed by atoms with Crippen molar-refractivity contribution in [3.8, 4) is 11.8 Å². The van der Waals surface area contributed by atoms with E-state index >= 15 is 0 Å². The summed E-state index contributed by atoms with van der Waals surface area (Å²) >= 11 is 0. The summed E-state index contributed by atoms with van der Waals surface area (Å²) in [5, 5.41) is 9.27. The molecular formula is C15H14O2. The first-order valence-corrected chi connectivity index (χ1v) is 5.95. The van der Waals surface area contributed by atoms with Crippen molar-refractivity contribution in [3.05, 3.63) is 34.4 Å². The number of carboxylic acid groups (broad SMARTS) is 1. The lowest BCUT2D eigenvalue weighted by Gasteiger charge is -2.11. The van der Waals surface area contributed by atoms with Crippen molar-refractivity contribution in [1.29, 1.82) is 0 Å². The second-order valence-corrected chi connectivity index (χ2v) is 5.01. The Morgan fingerprint density at radius 1 is 1.29 bits per heavy atom. The highest BCUT2D eigenvalue weighted by atomic mass is 16.4. The van der Waals surface area contributed by atoms with Crippen molar-refractivity contribution in [2.45, 2.75) is 32.6 Å². The van der Waals surface area contributed by atoms with Gasteiger partial charge in [-0.3, -0.25) is 4.79 Å². The first kappa shape index (κ1) is 10.4. The molecule has 0 atom stereocenters. The van der Waals surface area contributed by atoms with Crippen LogP contribution in [0.1, 0.15) is 32.6 Å². The minimum Gasteiger partial charge on any atom is -0.481 e. The predicted octanol–water partition coefficient (Wildman–Crippen LogP) is 2.83. The van der Waals surface area contributed by atoms with E-state index in [0.717, 1.165) is 36.8 Å². The molecule has 0 amide bonds. The highest BCUT2D eigenvalue weighted by Gasteiger charge is 2.54. The molecule has 1 saturated carbocycles. The Hall–Kier alpha value is -1.75. The molecule has 0 unspecified atom stereocenters. The van der Waals surface area contributed by atoms with E-state index in [-0.39, 0.29) is 0 Å². The molecule has 3 aliphatic carbocycles. The number of hydrogen-bond acceptors (Lipinski definition) is 1. The highest BCUT2D eigenvalue weighted by molar-refractivity contribution is 5.83. The molecule has 0 radical (unpaired) electrons. The quantitative estimate of drug-likeness (QED) is 0.735. The Morgan fingerprint density at radius 3 is 2.53 bits per heavy atom. The lowest BCUT2D eigenvalue weighted by Crippen LogP contribution is -2.16. The average molecular weight is 226 g/mol. The van der Waals surface area contributed by atoms with E-state index in [9.17, 15) is 9.90 Å². The Kier molecular flexibility index (Phi) is 2.06. The Morgan fingerprint density at radius 2 is 2.00 bits per heavy atom. The Balaban J connectivity index is 1.80. The molecule has 0 aliphatic heterocycles. The van der Waals surface area contributed by atoms with Crippen LogP contribution in [0.4, 0.5) is 0 Å². The van der Waals surface area contributed by atoms with Gasteiger partial charge in [0.2, 0.25) is 0 Å². The smallest absolute Gasteiger partial charge is 0.313 e. The van der Waals surface area contributed by atoms with Crippen molar-refractivity contribution in [2.24, 2.45) is 5.41 Å². The third-order valence-corrected chi connectivity index (χ3v) is 3.93. The fraction of sp³-hybridized carbons (Fsp3) is 0.400. The van der Waals surface area contributed by atoms with E-state index in [0.29, 0.717) is 0 Å². The molecule has 17 heavy (non-hydrogen) atoms. The van der Waals surface area contributed by atoms with Gasteiger partial charge in [0.15, 0.2) is 0 Å². The van der Waals surface area contributed by atoms with Crippen LogP contribution in [0, 0.1) is 17.3 Å². The van der Waals surface area contributed by atoms with E-state index < -0.39 is 11.4 Å². The summed E-state index contributed by atoms with van der Waals surface area (Å²) in [5.74, 6) is 5.35. The highest BCUT2D eigenvalue weighted by Crippen LogP contribution is 2.57. The van der Waals surface area contributed by atoms with E-state index in [1.54, 1.807) is 0 Å². The van der Waals surface area contributed by atoms with Crippen molar-refractivity contribution < 1.29 is 9.90 Å². The van der Waals surface area contributed by atoms with Gasteiger partial charge in [0.25, 0.3) is 0 Å². The van der Waals surface area contributed by atoms with Gasteiger partial charge in [-0.2, -0.15) is 0 Å². The van der Waals surface area contributed by atoms with Crippen LogP contribution in [-0.4, -0.2) is 11.1 Å². The fourth-order valence-corrected chi connectivity index (χ4v) is 2.79. The van der Waals surface area contributed by atoms with Gasteiger partial charge in [-0.05, 0) is 49.0 Å². The Labute approximate surface area is 101 Å². The summed E-state index contributed by atoms with van der Waals surface area (Å²) in [6.07, 6.45) is 7.55. The summed E-state index contributed by atoms with van der Waals surface area (Å²) in [6, 6.07) is 0. The maximum atomic E-state index is 11.3. The number of carbonyl (C=O) groups is 1. The van der Waals surface area contributed by atoms with Crippen LogP contribution in [0.3, 0.4) is 0 Å². The number of rotatable bonds is 2. The molecule has 0 aromatic rings. The first-order valence-electron chi connectivity index (χ1n) is 5.95. The SMILES string of the molecule is CC#CC1=CC2=C(C=C(C3(C(=O)O)CC3)C2)C1. The molecule has 1 N–H and O–H groups in total. The van der Waals surface area contributed by atoms with Crippen LogP contribution in [0.5, 0.6) is 0 Å². The maximum Gasteiger partial charge on any atom is 0.313 e. The summed E-state index contributed by atoms with van der Waals surface area (Å²) in [5.41, 5.74) is 4.31. The van der Waals surface area contributed by atoms with Crippen LogP contribution in [0.2, 0.25) is 0 Å². The van der Waals surface area contributed by atoms with E-state index in [2.05, 4.69) is 24.0 Å². The molecule has 1 fully saturated rings. The van der Waals surface area contributed by atoms with Crippen LogP contribution in [-0.2, 0) is 4.79 Å². The van der Waals surface area contributed by atoms with Crippen molar-refractivity contribution in [2.75, 3.05) is 0 Å². The van der Waals surface area contributed by atoms with Gasteiger partial charge in [0, 0.05) is 12.0 Å². The first-order chi connectivity index (χ1) is 8.15. The second-order valence-electron chi connectivity index (χ2n) is 5.01. The molecule has 0 heterocycles. The maximum absolute atomic E-state index is 11.3. The third kappa shape index (κ3) is 1.46. The lowest BCUT2D eigenvalue weighted by molar-refractivity contribution is -0.141. The van der Waals surface area contributed by atoms with Gasteiger partial charge < -0.3 is 5.11 Å². The van der Waals surface area contributed by atoms with Gasteiger partial charge in [-0.15, -0.1) is 5.92 Å². The minimum atomic E-state index is -0.650. The predicted molar refractivity (Wildman–Crippen MR) is 65.2 cm³/mol. The van der Waals surface area contributed by atoms with Gasteiger partial charge in [0.1, 0.15) is 0 Å². The molecule has 3 rings (SSSR count). The summed E-state index contributed by atoms with van der Waals surface area (Å²) in [7, 11) is 0. The van der Waals surface area contributed by atoms with Crippen molar-refractivity contribution in [3.63, 3.8) is 0 Å². The van der Waals surface area contributed by atoms with Crippen LogP contribution < -0.4 is 0 Å². The standard InChI is InChI=1S/C15H14O2/c1-2-3-10-6-11-8-13(9-12(11)7-10)15(4-5-15)14(16)17/h6,9H,4-5,7-8H2,1H3,(H,16,17). The van der Waals surface area contributed by atoms with Crippen LogP contribution in [0.15, 0.2) is 34.4 Å². The minimum absolute atomic E-state index is 0.519. The Bertz CT molecular complexity index is 557. The summed E-state index contributed by atoms with van der Waals surface area (Å²) < 4.78 is 0. The largest absolute Gasteiger partial charge is 0.481 e. The number of carboxylic acids is 1. The molecule has 2 nitrogen and oxygen atoms in total. The van der Waals surface area contributed by atoms with Crippen molar-refractivity contribution in [1.82, 2.24) is 0 Å². The zero-order valence-corrected chi connectivity index (χ0v) is 9.84. The summed E-state index contributed by atoms with van der Waals surface area (Å²) in [4.78, 5) is 11.3. The molecule has 3 aliphatic rings. The van der Waals surface area contributed by atoms with E-state index in [4.69, 9.17) is 0 Å². The van der Waals surface area contributed by atoms with Crippen LogP contribution in [0.25, 0.3) is 0 Å². The third-order valence-electron chi connectivity index (χ3n) is 3.93. The molecule has 2 heteroatoms. The van der Waals surface area contributed by atoms with E-state index in [1.165, 1.54) is 11.1 Å². The number of aliphatic carboxylic acids is 1. The molecule has 0 bridgehead atoms. The number of allylic oxidation sites excluding steroid dienone is 5. The molecule has 0 aromatic carbocycles. The summed E-state index contributed by atoms with van der Waals surface area (Å²) in [6.45, 7) is 1.84. The normalized spacial score (nSPS) is 23.6. The van der Waals surface area contributed by atoms with Gasteiger partial charge in [-0.1, -0.05) is 12.0 Å². The van der Waals surface area contributed by atoms with E-state index in [1.807, 2.05) is 6.92 Å². The van der Waals surface area contributed by atoms with Gasteiger partial charge >= 0.3 is 5.97 Å². The topological polar surface area (TPSA) is 37.3 Å².